The fourth-order valence-electron chi connectivity index (χ4n) is 4.92. The first-order chi connectivity index (χ1) is 16.5. The summed E-state index contributed by atoms with van der Waals surface area (Å²) in [5, 5.41) is 13.5. The molecule has 4 nitrogen and oxygen atoms in total. The Morgan fingerprint density at radius 2 is 1.71 bits per heavy atom. The van der Waals surface area contributed by atoms with Crippen LogP contribution in [0.4, 0.5) is 5.69 Å². The van der Waals surface area contributed by atoms with Crippen molar-refractivity contribution in [3.8, 4) is 11.5 Å². The molecule has 0 spiro atoms. The van der Waals surface area contributed by atoms with Crippen molar-refractivity contribution in [3.63, 3.8) is 0 Å². The Morgan fingerprint density at radius 3 is 2.44 bits per heavy atom. The summed E-state index contributed by atoms with van der Waals surface area (Å²) in [6.07, 6.45) is 6.36. The molecule has 1 unspecified atom stereocenters. The van der Waals surface area contributed by atoms with E-state index in [9.17, 15) is 5.11 Å². The van der Waals surface area contributed by atoms with Gasteiger partial charge in [-0.2, -0.15) is 0 Å². The molecule has 0 bridgehead atoms. The van der Waals surface area contributed by atoms with Gasteiger partial charge in [0.1, 0.15) is 11.5 Å². The molecular weight excluding hydrogens is 420 g/mol. The van der Waals surface area contributed by atoms with Crippen molar-refractivity contribution < 1.29 is 9.84 Å². The predicted octanol–water partition coefficient (Wildman–Crippen LogP) is 5.82. The summed E-state index contributed by atoms with van der Waals surface area (Å²) in [4.78, 5) is 2.23. The normalized spacial score (nSPS) is 15.2. The summed E-state index contributed by atoms with van der Waals surface area (Å²) in [5.41, 5.74) is 7.99. The van der Waals surface area contributed by atoms with Gasteiger partial charge < -0.3 is 20.1 Å². The Hall–Kier alpha value is -2.98. The number of fused-ring (bicyclic) bond motifs is 1. The quantitative estimate of drug-likeness (QED) is 0.376. The Kier molecular flexibility index (Phi) is 8.12. The van der Waals surface area contributed by atoms with Gasteiger partial charge >= 0.3 is 0 Å². The molecule has 0 saturated heterocycles. The third-order valence-electron chi connectivity index (χ3n) is 6.95. The van der Waals surface area contributed by atoms with E-state index >= 15 is 0 Å². The number of aryl methyl sites for hydroxylation is 2. The highest BCUT2D eigenvalue weighted by Gasteiger charge is 2.23. The van der Waals surface area contributed by atoms with Gasteiger partial charge in [0.05, 0.1) is 7.11 Å². The van der Waals surface area contributed by atoms with Crippen LogP contribution in [0, 0.1) is 0 Å². The van der Waals surface area contributed by atoms with E-state index in [1.54, 1.807) is 7.11 Å². The van der Waals surface area contributed by atoms with E-state index in [1.165, 1.54) is 33.5 Å². The molecule has 0 aromatic heterocycles. The van der Waals surface area contributed by atoms with Gasteiger partial charge in [-0.05, 0) is 105 Å². The number of anilines is 1. The standard InChI is InChI=1S/C30H38N2O2/c1-32(2)18-16-23-8-6-22(7-9-23)5-4-17-31-30-21-28(34-3)14-15-29(30)26-11-10-25-20-27(33)13-12-24(25)19-26/h6-9,12-15,20-21,26,31,33H,4-5,10-11,16-19H2,1-3H3. The number of nitrogens with one attached hydrogen (secondary N) is 1. The van der Waals surface area contributed by atoms with Gasteiger partial charge in [0.25, 0.3) is 0 Å². The lowest BCUT2D eigenvalue weighted by atomic mass is 9.79. The smallest absolute Gasteiger partial charge is 0.120 e. The molecule has 3 aromatic rings. The molecule has 3 aromatic carbocycles. The van der Waals surface area contributed by atoms with Crippen LogP contribution in [0.15, 0.2) is 60.7 Å². The molecule has 4 heteroatoms. The van der Waals surface area contributed by atoms with Crippen molar-refractivity contribution >= 4 is 5.69 Å². The predicted molar refractivity (Wildman–Crippen MR) is 141 cm³/mol. The molecule has 180 valence electrons. The lowest BCUT2D eigenvalue weighted by Crippen LogP contribution is -2.15. The highest BCUT2D eigenvalue weighted by atomic mass is 16.5. The van der Waals surface area contributed by atoms with Gasteiger partial charge in [0.15, 0.2) is 0 Å². The van der Waals surface area contributed by atoms with E-state index in [0.717, 1.165) is 57.4 Å². The molecule has 0 amide bonds. The zero-order valence-corrected chi connectivity index (χ0v) is 20.8. The van der Waals surface area contributed by atoms with Crippen molar-refractivity contribution in [1.29, 1.82) is 0 Å². The zero-order valence-electron chi connectivity index (χ0n) is 20.8. The lowest BCUT2D eigenvalue weighted by Gasteiger charge is -2.27. The minimum Gasteiger partial charge on any atom is -0.508 e. The van der Waals surface area contributed by atoms with E-state index in [4.69, 9.17) is 4.74 Å². The molecule has 4 rings (SSSR count). The molecule has 2 N–H and O–H groups in total. The van der Waals surface area contributed by atoms with Crippen LogP contribution in [0.25, 0.3) is 0 Å². The molecule has 34 heavy (non-hydrogen) atoms. The first-order valence-corrected chi connectivity index (χ1v) is 12.5. The number of likely N-dealkylation sites (N-methyl/N-ethyl adjacent to an activating group) is 1. The fourth-order valence-corrected chi connectivity index (χ4v) is 4.92. The lowest BCUT2D eigenvalue weighted by molar-refractivity contribution is 0.413. The summed E-state index contributed by atoms with van der Waals surface area (Å²) in [6.45, 7) is 2.01. The van der Waals surface area contributed by atoms with Crippen molar-refractivity contribution in [2.24, 2.45) is 0 Å². The van der Waals surface area contributed by atoms with Gasteiger partial charge in [-0.25, -0.2) is 0 Å². The summed E-state index contributed by atoms with van der Waals surface area (Å²) < 4.78 is 5.52. The maximum Gasteiger partial charge on any atom is 0.120 e. The number of ether oxygens (including phenoxy) is 1. The van der Waals surface area contributed by atoms with Crippen LogP contribution >= 0.6 is 0 Å². The van der Waals surface area contributed by atoms with E-state index < -0.39 is 0 Å². The van der Waals surface area contributed by atoms with Crippen LogP contribution < -0.4 is 10.1 Å². The molecule has 1 atom stereocenters. The summed E-state index contributed by atoms with van der Waals surface area (Å²) in [7, 11) is 5.96. The molecule has 1 aliphatic rings. The van der Waals surface area contributed by atoms with E-state index in [2.05, 4.69) is 72.8 Å². The van der Waals surface area contributed by atoms with Crippen LogP contribution in [0.1, 0.15) is 46.6 Å². The number of methoxy groups -OCH3 is 1. The Labute approximate surface area is 204 Å². The summed E-state index contributed by atoms with van der Waals surface area (Å²) in [5.74, 6) is 1.73. The minimum atomic E-state index is 0.368. The number of rotatable bonds is 10. The molecule has 0 heterocycles. The second-order valence-electron chi connectivity index (χ2n) is 9.75. The first-order valence-electron chi connectivity index (χ1n) is 12.5. The second-order valence-corrected chi connectivity index (χ2v) is 9.75. The van der Waals surface area contributed by atoms with Crippen molar-refractivity contribution in [1.82, 2.24) is 4.90 Å². The molecule has 0 fully saturated rings. The van der Waals surface area contributed by atoms with E-state index in [1.807, 2.05) is 12.1 Å². The molecule has 0 aliphatic heterocycles. The third-order valence-corrected chi connectivity index (χ3v) is 6.95. The number of phenolic OH excluding ortho intramolecular Hbond substituents is 1. The minimum absolute atomic E-state index is 0.368. The second kappa shape index (κ2) is 11.4. The average Bonchev–Trinajstić information content (AvgIpc) is 2.85. The number of benzene rings is 3. The third kappa shape index (κ3) is 6.32. The van der Waals surface area contributed by atoms with Crippen molar-refractivity contribution in [2.45, 2.75) is 44.4 Å². The number of hydrogen-bond acceptors (Lipinski definition) is 4. The topological polar surface area (TPSA) is 44.7 Å². The maximum absolute atomic E-state index is 9.81. The number of phenols is 1. The van der Waals surface area contributed by atoms with Gasteiger partial charge in [0.2, 0.25) is 0 Å². The molecule has 1 aliphatic carbocycles. The van der Waals surface area contributed by atoms with Crippen molar-refractivity contribution in [2.75, 3.05) is 39.6 Å². The number of aromatic hydroxyl groups is 1. The van der Waals surface area contributed by atoms with Crippen molar-refractivity contribution in [3.05, 3.63) is 88.5 Å². The Morgan fingerprint density at radius 1 is 0.941 bits per heavy atom. The van der Waals surface area contributed by atoms with Crippen LogP contribution in [-0.4, -0.2) is 44.3 Å². The average molecular weight is 459 g/mol. The van der Waals surface area contributed by atoms with Crippen LogP contribution in [0.3, 0.4) is 0 Å². The molecule has 0 radical (unpaired) electrons. The number of nitrogens with zero attached hydrogens (tertiary/aromatic N) is 1. The molecule has 0 saturated carbocycles. The first kappa shape index (κ1) is 24.2. The summed E-state index contributed by atoms with van der Waals surface area (Å²) >= 11 is 0. The van der Waals surface area contributed by atoms with E-state index in [-0.39, 0.29) is 0 Å². The highest BCUT2D eigenvalue weighted by molar-refractivity contribution is 5.57. The SMILES string of the molecule is COc1ccc(C2CCc3cc(O)ccc3C2)c(NCCCc2ccc(CCN(C)C)cc2)c1. The monoisotopic (exact) mass is 458 g/mol. The zero-order chi connectivity index (χ0) is 23.9. The van der Waals surface area contributed by atoms with Crippen LogP contribution in [0.2, 0.25) is 0 Å². The Balaban J connectivity index is 1.36. The van der Waals surface area contributed by atoms with Gasteiger partial charge in [-0.1, -0.05) is 36.4 Å². The van der Waals surface area contributed by atoms with Gasteiger partial charge in [0, 0.05) is 24.8 Å². The van der Waals surface area contributed by atoms with Crippen LogP contribution in [0.5, 0.6) is 11.5 Å². The Bertz CT molecular complexity index is 1080. The maximum atomic E-state index is 9.81. The molecular formula is C30H38N2O2. The van der Waals surface area contributed by atoms with Gasteiger partial charge in [-0.15, -0.1) is 0 Å². The van der Waals surface area contributed by atoms with Gasteiger partial charge in [-0.3, -0.25) is 0 Å². The highest BCUT2D eigenvalue weighted by Crippen LogP contribution is 2.38. The largest absolute Gasteiger partial charge is 0.508 e. The summed E-state index contributed by atoms with van der Waals surface area (Å²) in [6, 6.07) is 21.4. The van der Waals surface area contributed by atoms with E-state index in [0.29, 0.717) is 11.7 Å². The fraction of sp³-hybridized carbons (Fsp3) is 0.400. The van der Waals surface area contributed by atoms with Crippen LogP contribution in [-0.2, 0) is 25.7 Å². The number of hydrogen-bond donors (Lipinski definition) is 2.